The van der Waals surface area contributed by atoms with Gasteiger partial charge in [-0.15, -0.1) is 0 Å². The van der Waals surface area contributed by atoms with Crippen molar-refractivity contribution in [1.29, 1.82) is 0 Å². The van der Waals surface area contributed by atoms with Crippen molar-refractivity contribution in [2.45, 2.75) is 24.2 Å². The van der Waals surface area contributed by atoms with Crippen LogP contribution in [0.4, 0.5) is 17.2 Å². The molecule has 0 bridgehead atoms. The summed E-state index contributed by atoms with van der Waals surface area (Å²) in [5.41, 5.74) is 0.845. The Balaban J connectivity index is 1.48. The number of aromatic amines is 1. The van der Waals surface area contributed by atoms with Crippen LogP contribution in [0.5, 0.6) is 0 Å². The summed E-state index contributed by atoms with van der Waals surface area (Å²) in [5, 5.41) is 17.0. The molecule has 1 aromatic heterocycles. The minimum Gasteiger partial charge on any atom is -0.381 e. The van der Waals surface area contributed by atoms with Crippen LogP contribution in [0.2, 0.25) is 0 Å². The van der Waals surface area contributed by atoms with Crippen LogP contribution in [-0.2, 0) is 10.0 Å². The van der Waals surface area contributed by atoms with Crippen molar-refractivity contribution in [3.05, 3.63) is 52.7 Å². The average molecular weight is 406 g/mol. The van der Waals surface area contributed by atoms with Gasteiger partial charge in [0.05, 0.1) is 11.5 Å². The molecule has 0 unspecified atom stereocenters. The second-order valence-corrected chi connectivity index (χ2v) is 8.50. The molecule has 2 heterocycles. The largest absolute Gasteiger partial charge is 0.381 e. The van der Waals surface area contributed by atoms with Gasteiger partial charge in [0.15, 0.2) is 0 Å². The van der Waals surface area contributed by atoms with Gasteiger partial charge in [-0.25, -0.2) is 13.4 Å². The molecule has 1 aliphatic heterocycles. The molecule has 3 rings (SSSR count). The third-order valence-electron chi connectivity index (χ3n) is 4.58. The van der Waals surface area contributed by atoms with E-state index in [1.165, 1.54) is 18.3 Å². The van der Waals surface area contributed by atoms with Crippen molar-refractivity contribution in [3.63, 3.8) is 0 Å². The molecule has 0 aliphatic carbocycles. The van der Waals surface area contributed by atoms with Gasteiger partial charge >= 0.3 is 0 Å². The van der Waals surface area contributed by atoms with Crippen molar-refractivity contribution >= 4 is 27.2 Å². The summed E-state index contributed by atoms with van der Waals surface area (Å²) < 4.78 is 26.8. The summed E-state index contributed by atoms with van der Waals surface area (Å²) in [6.07, 6.45) is 4.40. The lowest BCUT2D eigenvalue weighted by molar-refractivity contribution is -0.384. The topological polar surface area (TPSA) is 119 Å². The van der Waals surface area contributed by atoms with E-state index in [0.717, 1.165) is 24.9 Å². The number of hydrogen-bond donors (Lipinski definition) is 2. The molecule has 1 aliphatic rings. The monoisotopic (exact) mass is 406 g/mol. The average Bonchev–Trinajstić information content (AvgIpc) is 2.72. The van der Waals surface area contributed by atoms with Crippen LogP contribution >= 0.6 is 0 Å². The summed E-state index contributed by atoms with van der Waals surface area (Å²) >= 11 is 0. The summed E-state index contributed by atoms with van der Waals surface area (Å²) in [5.74, 6) is 0.711. The Bertz CT molecular complexity index is 895. The lowest BCUT2D eigenvalue weighted by Gasteiger charge is -2.25. The molecule has 0 radical (unpaired) electrons. The van der Waals surface area contributed by atoms with E-state index in [-0.39, 0.29) is 10.6 Å². The molecule has 0 atom stereocenters. The zero-order valence-corrected chi connectivity index (χ0v) is 16.2. The number of non-ortho nitro benzene ring substituents is 1. The van der Waals surface area contributed by atoms with Crippen LogP contribution < -0.4 is 15.6 Å². The normalized spacial score (nSPS) is 15.1. The number of piperidine rings is 1. The molecular weight excluding hydrogens is 382 g/mol. The molecule has 2 aromatic rings. The number of benzene rings is 1. The summed E-state index contributed by atoms with van der Waals surface area (Å²) in [4.78, 5) is 13.5. The molecule has 150 valence electrons. The van der Waals surface area contributed by atoms with Gasteiger partial charge in [0.2, 0.25) is 10.0 Å². The van der Waals surface area contributed by atoms with E-state index >= 15 is 0 Å². The van der Waals surface area contributed by atoms with Crippen LogP contribution in [0.15, 0.2) is 47.5 Å². The van der Waals surface area contributed by atoms with Gasteiger partial charge in [-0.1, -0.05) is 6.42 Å². The number of H-pyrrole nitrogens is 1. The number of nitro benzene ring substituents is 1. The van der Waals surface area contributed by atoms with Gasteiger partial charge in [0, 0.05) is 37.0 Å². The molecule has 0 amide bonds. The highest BCUT2D eigenvalue weighted by Gasteiger charge is 2.26. The number of rotatable bonds is 8. The number of nitrogens with zero attached hydrogens (tertiary/aromatic N) is 2. The Morgan fingerprint density at radius 1 is 1.00 bits per heavy atom. The Labute approximate surface area is 164 Å². The first-order valence-electron chi connectivity index (χ1n) is 9.21. The van der Waals surface area contributed by atoms with E-state index in [1.54, 1.807) is 28.6 Å². The lowest BCUT2D eigenvalue weighted by atomic mass is 10.2. The molecule has 3 N–H and O–H groups in total. The Morgan fingerprint density at radius 3 is 2.29 bits per heavy atom. The standard InChI is InChI=1S/C18H23N5O4S/c24-23(25)16-6-4-15(5-7-16)19-10-11-20-18-9-8-17(14-21-18)28(26,27)22-12-2-1-3-13-22/h4-9,14,19H,1-3,10-13H2,(H,20,21)/p+1. The number of hydrogen-bond acceptors (Lipinski definition) is 6. The Hall–Kier alpha value is -2.72. The first-order chi connectivity index (χ1) is 13.5. The number of aromatic nitrogens is 1. The maximum atomic E-state index is 12.6. The number of nitro groups is 1. The predicted octanol–water partition coefficient (Wildman–Crippen LogP) is 2.11. The fraction of sp³-hybridized carbons (Fsp3) is 0.389. The van der Waals surface area contributed by atoms with Crippen LogP contribution in [0.3, 0.4) is 0 Å². The van der Waals surface area contributed by atoms with Gasteiger partial charge in [-0.2, -0.15) is 4.31 Å². The molecular formula is C18H24N5O4S+. The van der Waals surface area contributed by atoms with Gasteiger partial charge in [-0.3, -0.25) is 15.4 Å². The van der Waals surface area contributed by atoms with Crippen molar-refractivity contribution in [3.8, 4) is 0 Å². The molecule has 28 heavy (non-hydrogen) atoms. The van der Waals surface area contributed by atoms with Gasteiger partial charge in [0.25, 0.3) is 11.5 Å². The zero-order valence-electron chi connectivity index (χ0n) is 15.4. The van der Waals surface area contributed by atoms with E-state index in [0.29, 0.717) is 32.0 Å². The van der Waals surface area contributed by atoms with Crippen molar-refractivity contribution < 1.29 is 18.3 Å². The van der Waals surface area contributed by atoms with Gasteiger partial charge in [-0.05, 0) is 31.0 Å². The quantitative estimate of drug-likeness (QED) is 0.394. The second-order valence-electron chi connectivity index (χ2n) is 6.56. The third-order valence-corrected chi connectivity index (χ3v) is 6.48. The van der Waals surface area contributed by atoms with Crippen molar-refractivity contribution in [2.24, 2.45) is 0 Å². The summed E-state index contributed by atoms with van der Waals surface area (Å²) in [7, 11) is -3.44. The van der Waals surface area contributed by atoms with Crippen molar-refractivity contribution in [1.82, 2.24) is 4.31 Å². The number of anilines is 2. The number of nitrogens with one attached hydrogen (secondary N) is 3. The minimum absolute atomic E-state index is 0.0536. The Kier molecular flexibility index (Phi) is 6.42. The molecule has 1 aromatic carbocycles. The van der Waals surface area contributed by atoms with Gasteiger partial charge in [0.1, 0.15) is 17.6 Å². The third kappa shape index (κ3) is 4.96. The maximum absolute atomic E-state index is 12.6. The SMILES string of the molecule is O=[N+]([O-])c1ccc(NCCNc2ccc(S(=O)(=O)N3CCCCC3)c[nH+]2)cc1. The van der Waals surface area contributed by atoms with E-state index in [1.807, 2.05) is 0 Å². The van der Waals surface area contributed by atoms with Crippen LogP contribution in [-0.4, -0.2) is 43.8 Å². The molecule has 10 heteroatoms. The van der Waals surface area contributed by atoms with E-state index in [2.05, 4.69) is 15.6 Å². The molecule has 0 spiro atoms. The van der Waals surface area contributed by atoms with Crippen LogP contribution in [0.25, 0.3) is 0 Å². The Morgan fingerprint density at radius 2 is 1.68 bits per heavy atom. The van der Waals surface area contributed by atoms with Gasteiger partial charge < -0.3 is 5.32 Å². The fourth-order valence-electron chi connectivity index (χ4n) is 3.04. The predicted molar refractivity (Wildman–Crippen MR) is 106 cm³/mol. The number of pyridine rings is 1. The van der Waals surface area contributed by atoms with Crippen molar-refractivity contribution in [2.75, 3.05) is 36.8 Å². The summed E-state index contributed by atoms with van der Waals surface area (Å²) in [6, 6.07) is 9.53. The van der Waals surface area contributed by atoms with E-state index < -0.39 is 14.9 Å². The number of sulfonamides is 1. The summed E-state index contributed by atoms with van der Waals surface area (Å²) in [6.45, 7) is 2.35. The molecule has 0 saturated carbocycles. The highest BCUT2D eigenvalue weighted by atomic mass is 32.2. The fourth-order valence-corrected chi connectivity index (χ4v) is 4.53. The molecule has 9 nitrogen and oxygen atoms in total. The zero-order chi connectivity index (χ0) is 20.0. The molecule has 1 fully saturated rings. The smallest absolute Gasteiger partial charge is 0.272 e. The maximum Gasteiger partial charge on any atom is 0.272 e. The van der Waals surface area contributed by atoms with E-state index in [9.17, 15) is 18.5 Å². The van der Waals surface area contributed by atoms with Crippen LogP contribution in [0.1, 0.15) is 19.3 Å². The lowest BCUT2D eigenvalue weighted by Crippen LogP contribution is -2.36. The highest BCUT2D eigenvalue weighted by molar-refractivity contribution is 7.89. The minimum atomic E-state index is -3.44. The van der Waals surface area contributed by atoms with E-state index in [4.69, 9.17) is 0 Å². The first kappa shape index (κ1) is 20.0. The second kappa shape index (κ2) is 8.98. The van der Waals surface area contributed by atoms with Crippen LogP contribution in [0, 0.1) is 10.1 Å². The molecule has 1 saturated heterocycles. The highest BCUT2D eigenvalue weighted by Crippen LogP contribution is 2.19. The first-order valence-corrected chi connectivity index (χ1v) is 10.6.